The van der Waals surface area contributed by atoms with E-state index >= 15 is 0 Å². The SMILES string of the molecule is C/C=C(/C)C1=C(N(C=O)CCC)C(=O)c2c(c(C)cc(=O)n2C)C1=O. The Morgan fingerprint density at radius 3 is 2.40 bits per heavy atom. The topological polar surface area (TPSA) is 76.5 Å². The van der Waals surface area contributed by atoms with Gasteiger partial charge in [-0.1, -0.05) is 13.0 Å². The summed E-state index contributed by atoms with van der Waals surface area (Å²) in [4.78, 5) is 51.3. The number of nitrogens with zero attached hydrogens (tertiary/aromatic N) is 2. The van der Waals surface area contributed by atoms with Gasteiger partial charge >= 0.3 is 0 Å². The molecule has 0 radical (unpaired) electrons. The van der Waals surface area contributed by atoms with Gasteiger partial charge in [-0.3, -0.25) is 19.2 Å². The van der Waals surface area contributed by atoms with Crippen molar-refractivity contribution >= 4 is 18.0 Å². The summed E-state index contributed by atoms with van der Waals surface area (Å²) in [5, 5.41) is 0. The van der Waals surface area contributed by atoms with E-state index in [2.05, 4.69) is 0 Å². The maximum Gasteiger partial charge on any atom is 0.251 e. The van der Waals surface area contributed by atoms with E-state index in [-0.39, 0.29) is 33.9 Å². The summed E-state index contributed by atoms with van der Waals surface area (Å²) >= 11 is 0. The number of carbonyl (C=O) groups is 3. The van der Waals surface area contributed by atoms with Crippen molar-refractivity contribution in [3.8, 4) is 0 Å². The van der Waals surface area contributed by atoms with Gasteiger partial charge < -0.3 is 9.47 Å². The maximum atomic E-state index is 13.2. The number of fused-ring (bicyclic) bond motifs is 1. The van der Waals surface area contributed by atoms with Gasteiger partial charge in [0.2, 0.25) is 12.2 Å². The summed E-state index contributed by atoms with van der Waals surface area (Å²) in [5.74, 6) is -0.814. The van der Waals surface area contributed by atoms with Crippen LogP contribution in [0.3, 0.4) is 0 Å². The van der Waals surface area contributed by atoms with E-state index < -0.39 is 5.78 Å². The predicted octanol–water partition coefficient (Wildman–Crippen LogP) is 2.16. The first-order valence-electron chi connectivity index (χ1n) is 8.19. The van der Waals surface area contributed by atoms with Crippen LogP contribution in [-0.2, 0) is 11.8 Å². The largest absolute Gasteiger partial charge is 0.311 e. The summed E-state index contributed by atoms with van der Waals surface area (Å²) < 4.78 is 1.18. The van der Waals surface area contributed by atoms with Crippen LogP contribution in [0.1, 0.15) is 53.6 Å². The fraction of sp³-hybridized carbons (Fsp3) is 0.368. The summed E-state index contributed by atoms with van der Waals surface area (Å²) in [5.41, 5.74) is 1.26. The molecule has 0 N–H and O–H groups in total. The highest BCUT2D eigenvalue weighted by Gasteiger charge is 2.38. The number of Topliss-reactive ketones (excluding diaryl/α,β-unsaturated/α-hetero) is 2. The number of allylic oxidation sites excluding steroid dienone is 4. The number of carbonyl (C=O) groups excluding carboxylic acids is 3. The van der Waals surface area contributed by atoms with Crippen molar-refractivity contribution in [3.63, 3.8) is 0 Å². The molecule has 132 valence electrons. The van der Waals surface area contributed by atoms with Gasteiger partial charge in [-0.2, -0.15) is 0 Å². The first-order chi connectivity index (χ1) is 11.8. The number of hydrogen-bond donors (Lipinski definition) is 0. The Bertz CT molecular complexity index is 887. The molecule has 0 aromatic carbocycles. The van der Waals surface area contributed by atoms with Gasteiger partial charge in [0.05, 0.1) is 11.1 Å². The molecule has 0 bridgehead atoms. The van der Waals surface area contributed by atoms with Gasteiger partial charge in [-0.15, -0.1) is 0 Å². The monoisotopic (exact) mass is 342 g/mol. The van der Waals surface area contributed by atoms with Crippen molar-refractivity contribution < 1.29 is 14.4 Å². The van der Waals surface area contributed by atoms with Crippen molar-refractivity contribution in [1.82, 2.24) is 9.47 Å². The van der Waals surface area contributed by atoms with Gasteiger partial charge in [0, 0.05) is 19.7 Å². The fourth-order valence-corrected chi connectivity index (χ4v) is 3.07. The zero-order valence-electron chi connectivity index (χ0n) is 15.2. The molecule has 1 heterocycles. The van der Waals surface area contributed by atoms with E-state index in [0.717, 1.165) is 0 Å². The zero-order chi connectivity index (χ0) is 18.9. The molecular weight excluding hydrogens is 320 g/mol. The van der Waals surface area contributed by atoms with E-state index in [1.54, 1.807) is 26.8 Å². The smallest absolute Gasteiger partial charge is 0.251 e. The molecule has 1 amide bonds. The van der Waals surface area contributed by atoms with Crippen molar-refractivity contribution in [2.75, 3.05) is 6.54 Å². The second-order valence-electron chi connectivity index (χ2n) is 6.10. The minimum Gasteiger partial charge on any atom is -0.311 e. The van der Waals surface area contributed by atoms with Crippen LogP contribution in [0.5, 0.6) is 0 Å². The molecule has 0 spiro atoms. The maximum absolute atomic E-state index is 13.2. The van der Waals surface area contributed by atoms with Crippen molar-refractivity contribution in [2.45, 2.75) is 34.1 Å². The van der Waals surface area contributed by atoms with Gasteiger partial charge in [0.25, 0.3) is 5.56 Å². The average molecular weight is 342 g/mol. The second-order valence-corrected chi connectivity index (χ2v) is 6.10. The van der Waals surface area contributed by atoms with E-state index in [1.807, 2.05) is 6.92 Å². The molecule has 1 aliphatic carbocycles. The first kappa shape index (κ1) is 18.6. The Morgan fingerprint density at radius 2 is 1.88 bits per heavy atom. The molecule has 6 nitrogen and oxygen atoms in total. The average Bonchev–Trinajstić information content (AvgIpc) is 2.58. The summed E-state index contributed by atoms with van der Waals surface area (Å²) in [6.07, 6.45) is 2.93. The predicted molar refractivity (Wildman–Crippen MR) is 94.6 cm³/mol. The Labute approximate surface area is 146 Å². The second kappa shape index (κ2) is 7.01. The molecule has 0 unspecified atom stereocenters. The Kier molecular flexibility index (Phi) is 5.21. The Hall–Kier alpha value is -2.76. The quantitative estimate of drug-likeness (QED) is 0.769. The molecular formula is C19H22N2O4. The normalized spacial score (nSPS) is 14.7. The van der Waals surface area contributed by atoms with E-state index in [0.29, 0.717) is 30.5 Å². The third kappa shape index (κ3) is 2.88. The number of aromatic nitrogens is 1. The lowest BCUT2D eigenvalue weighted by atomic mass is 9.84. The van der Waals surface area contributed by atoms with Gasteiger partial charge in [-0.25, -0.2) is 0 Å². The third-order valence-electron chi connectivity index (χ3n) is 4.46. The molecule has 1 aromatic rings. The molecule has 1 aromatic heterocycles. The minimum absolute atomic E-state index is 0.0422. The molecule has 25 heavy (non-hydrogen) atoms. The van der Waals surface area contributed by atoms with Crippen LogP contribution in [0, 0.1) is 6.92 Å². The number of aryl methyl sites for hydroxylation is 1. The lowest BCUT2D eigenvalue weighted by molar-refractivity contribution is -0.116. The van der Waals surface area contributed by atoms with E-state index in [4.69, 9.17) is 0 Å². The van der Waals surface area contributed by atoms with E-state index in [9.17, 15) is 19.2 Å². The van der Waals surface area contributed by atoms with Crippen molar-refractivity contribution in [1.29, 1.82) is 0 Å². The summed E-state index contributed by atoms with van der Waals surface area (Å²) in [6, 6.07) is 1.35. The lowest BCUT2D eigenvalue weighted by Crippen LogP contribution is -2.38. The third-order valence-corrected chi connectivity index (χ3v) is 4.46. The molecule has 1 aliphatic rings. The lowest BCUT2D eigenvalue weighted by Gasteiger charge is -2.29. The Morgan fingerprint density at radius 1 is 1.24 bits per heavy atom. The molecule has 6 heteroatoms. The number of pyridine rings is 1. The standard InChI is InChI=1S/C19H22N2O4/c1-6-8-21(10-22)17-14(11(3)7-2)18(24)15-12(4)9-13(23)20(5)16(15)19(17)25/h7,9-10H,6,8H2,1-5H3/b11-7-. The summed E-state index contributed by atoms with van der Waals surface area (Å²) in [6.45, 7) is 7.34. The number of hydrogen-bond acceptors (Lipinski definition) is 4. The van der Waals surface area contributed by atoms with E-state index in [1.165, 1.54) is 22.6 Å². The van der Waals surface area contributed by atoms with Gasteiger partial charge in [-0.05, 0) is 38.3 Å². The molecule has 0 saturated carbocycles. The number of ketones is 2. The summed E-state index contributed by atoms with van der Waals surface area (Å²) in [7, 11) is 1.46. The Balaban J connectivity index is 2.92. The van der Waals surface area contributed by atoms with Crippen LogP contribution in [0.15, 0.2) is 33.8 Å². The highest BCUT2D eigenvalue weighted by atomic mass is 16.2. The molecule has 0 atom stereocenters. The molecule has 0 saturated heterocycles. The molecule has 2 rings (SSSR count). The fourth-order valence-electron chi connectivity index (χ4n) is 3.07. The number of amides is 1. The van der Waals surface area contributed by atoms with Crippen LogP contribution < -0.4 is 5.56 Å². The highest BCUT2D eigenvalue weighted by Crippen LogP contribution is 2.32. The van der Waals surface area contributed by atoms with Crippen molar-refractivity contribution in [2.24, 2.45) is 7.05 Å². The first-order valence-corrected chi connectivity index (χ1v) is 8.19. The molecule has 0 aliphatic heterocycles. The van der Waals surface area contributed by atoms with Crippen LogP contribution in [-0.4, -0.2) is 34.0 Å². The number of rotatable bonds is 5. The van der Waals surface area contributed by atoms with Crippen LogP contribution in [0.25, 0.3) is 0 Å². The van der Waals surface area contributed by atoms with Crippen LogP contribution in [0.2, 0.25) is 0 Å². The van der Waals surface area contributed by atoms with Gasteiger partial charge in [0.1, 0.15) is 11.4 Å². The highest BCUT2D eigenvalue weighted by molar-refractivity contribution is 6.28. The molecule has 0 fully saturated rings. The zero-order valence-corrected chi connectivity index (χ0v) is 15.2. The van der Waals surface area contributed by atoms with Crippen molar-refractivity contribution in [3.05, 3.63) is 56.2 Å². The van der Waals surface area contributed by atoms with Crippen LogP contribution >= 0.6 is 0 Å². The van der Waals surface area contributed by atoms with Gasteiger partial charge in [0.15, 0.2) is 5.78 Å². The van der Waals surface area contributed by atoms with Crippen LogP contribution in [0.4, 0.5) is 0 Å². The minimum atomic E-state index is -0.477.